The van der Waals surface area contributed by atoms with Gasteiger partial charge in [-0.2, -0.15) is 16.4 Å². The third kappa shape index (κ3) is 4.05. The van der Waals surface area contributed by atoms with Crippen molar-refractivity contribution in [1.82, 2.24) is 15.1 Å². The molecule has 0 radical (unpaired) electrons. The summed E-state index contributed by atoms with van der Waals surface area (Å²) < 4.78 is 2.02. The molecule has 3 rings (SSSR count). The first-order valence-corrected chi connectivity index (χ1v) is 9.92. The predicted molar refractivity (Wildman–Crippen MR) is 107 cm³/mol. The van der Waals surface area contributed by atoms with Crippen LogP contribution in [0, 0.1) is 13.8 Å². The Labute approximate surface area is 158 Å². The van der Waals surface area contributed by atoms with Crippen LogP contribution < -0.4 is 5.32 Å². The third-order valence-corrected chi connectivity index (χ3v) is 5.37. The minimum Gasteiger partial charge on any atom is -0.353 e. The topological polar surface area (TPSA) is 46.9 Å². The van der Waals surface area contributed by atoms with E-state index in [2.05, 4.69) is 47.2 Å². The summed E-state index contributed by atoms with van der Waals surface area (Å²) in [7, 11) is 0. The van der Waals surface area contributed by atoms with Crippen LogP contribution in [0.5, 0.6) is 0 Å². The molecule has 0 spiro atoms. The summed E-state index contributed by atoms with van der Waals surface area (Å²) in [4.78, 5) is 12.8. The lowest BCUT2D eigenvalue weighted by Crippen LogP contribution is -2.35. The highest BCUT2D eigenvalue weighted by molar-refractivity contribution is 7.07. The van der Waals surface area contributed by atoms with E-state index in [-0.39, 0.29) is 17.9 Å². The molecule has 4 nitrogen and oxygen atoms in total. The number of rotatable bonds is 7. The number of hydrogen-bond acceptors (Lipinski definition) is 3. The maximum atomic E-state index is 12.8. The lowest BCUT2D eigenvalue weighted by Gasteiger charge is -2.21. The fourth-order valence-electron chi connectivity index (χ4n) is 3.35. The molecule has 1 aromatic carbocycles. The average molecular weight is 368 g/mol. The summed E-state index contributed by atoms with van der Waals surface area (Å²) in [5.41, 5.74) is 4.33. The van der Waals surface area contributed by atoms with Gasteiger partial charge in [-0.05, 0) is 54.3 Å². The van der Waals surface area contributed by atoms with Gasteiger partial charge in [-0.1, -0.05) is 37.3 Å². The van der Waals surface area contributed by atoms with Gasteiger partial charge in [0.05, 0.1) is 17.7 Å². The first-order chi connectivity index (χ1) is 12.6. The summed E-state index contributed by atoms with van der Waals surface area (Å²) >= 11 is 1.66. The number of nitrogens with one attached hydrogen (secondary N) is 1. The molecule has 0 aliphatic rings. The van der Waals surface area contributed by atoms with E-state index in [1.165, 1.54) is 5.56 Å². The van der Waals surface area contributed by atoms with Crippen LogP contribution in [0.4, 0.5) is 0 Å². The lowest BCUT2D eigenvalue weighted by molar-refractivity contribution is -0.122. The molecule has 0 fully saturated rings. The Bertz CT molecular complexity index is 840. The Morgan fingerprint density at radius 3 is 2.54 bits per heavy atom. The van der Waals surface area contributed by atoms with Crippen molar-refractivity contribution in [1.29, 1.82) is 0 Å². The Morgan fingerprint density at radius 1 is 1.19 bits per heavy atom. The summed E-state index contributed by atoms with van der Waals surface area (Å²) in [6.45, 7) is 6.63. The van der Waals surface area contributed by atoms with E-state index >= 15 is 0 Å². The van der Waals surface area contributed by atoms with Crippen molar-refractivity contribution in [2.75, 3.05) is 6.54 Å². The SMILES string of the molecule is CC[C@H](C(=O)NC[C@H](c1ccsc1)n1nc(C)cc1C)c1ccccc1. The highest BCUT2D eigenvalue weighted by Crippen LogP contribution is 2.23. The van der Waals surface area contributed by atoms with Gasteiger partial charge in [0.2, 0.25) is 5.91 Å². The number of carbonyl (C=O) groups excluding carboxylic acids is 1. The maximum absolute atomic E-state index is 12.8. The molecule has 0 aliphatic heterocycles. The van der Waals surface area contributed by atoms with E-state index in [0.29, 0.717) is 6.54 Å². The molecule has 26 heavy (non-hydrogen) atoms. The molecule has 3 aromatic rings. The molecule has 0 saturated heterocycles. The van der Waals surface area contributed by atoms with Crippen LogP contribution in [0.25, 0.3) is 0 Å². The van der Waals surface area contributed by atoms with Gasteiger partial charge < -0.3 is 5.32 Å². The van der Waals surface area contributed by atoms with Gasteiger partial charge >= 0.3 is 0 Å². The van der Waals surface area contributed by atoms with Crippen molar-refractivity contribution in [2.24, 2.45) is 0 Å². The largest absolute Gasteiger partial charge is 0.353 e. The average Bonchev–Trinajstić information content (AvgIpc) is 3.27. The fourth-order valence-corrected chi connectivity index (χ4v) is 4.06. The van der Waals surface area contributed by atoms with Gasteiger partial charge in [-0.3, -0.25) is 9.48 Å². The van der Waals surface area contributed by atoms with E-state index < -0.39 is 0 Å². The van der Waals surface area contributed by atoms with Crippen LogP contribution in [0.15, 0.2) is 53.2 Å². The second-order valence-electron chi connectivity index (χ2n) is 6.56. The predicted octanol–water partition coefficient (Wildman–Crippen LogP) is 4.46. The van der Waals surface area contributed by atoms with Gasteiger partial charge in [0.15, 0.2) is 0 Å². The molecule has 5 heteroatoms. The van der Waals surface area contributed by atoms with E-state index in [9.17, 15) is 4.79 Å². The van der Waals surface area contributed by atoms with E-state index in [4.69, 9.17) is 0 Å². The highest BCUT2D eigenvalue weighted by Gasteiger charge is 2.22. The normalized spacial score (nSPS) is 13.3. The monoisotopic (exact) mass is 367 g/mol. The van der Waals surface area contributed by atoms with Crippen molar-refractivity contribution in [3.8, 4) is 0 Å². The second-order valence-corrected chi connectivity index (χ2v) is 7.34. The number of thiophene rings is 1. The van der Waals surface area contributed by atoms with Gasteiger partial charge in [0.25, 0.3) is 0 Å². The van der Waals surface area contributed by atoms with Crippen molar-refractivity contribution >= 4 is 17.2 Å². The zero-order chi connectivity index (χ0) is 18.5. The van der Waals surface area contributed by atoms with Gasteiger partial charge in [-0.25, -0.2) is 0 Å². The Kier molecular flexibility index (Phi) is 5.89. The molecule has 2 aromatic heterocycles. The van der Waals surface area contributed by atoms with Crippen LogP contribution in [0.3, 0.4) is 0 Å². The quantitative estimate of drug-likeness (QED) is 0.670. The number of carbonyl (C=O) groups is 1. The van der Waals surface area contributed by atoms with Crippen LogP contribution >= 0.6 is 11.3 Å². The molecule has 0 saturated carbocycles. The third-order valence-electron chi connectivity index (χ3n) is 4.66. The number of aromatic nitrogens is 2. The number of aryl methyl sites for hydroxylation is 2. The molecule has 2 heterocycles. The highest BCUT2D eigenvalue weighted by atomic mass is 32.1. The fraction of sp³-hybridized carbons (Fsp3) is 0.333. The molecule has 1 amide bonds. The smallest absolute Gasteiger partial charge is 0.227 e. The molecular formula is C21H25N3OS. The molecule has 2 atom stereocenters. The number of nitrogens with zero attached hydrogens (tertiary/aromatic N) is 2. The van der Waals surface area contributed by atoms with Crippen LogP contribution in [0.2, 0.25) is 0 Å². The first-order valence-electron chi connectivity index (χ1n) is 8.97. The zero-order valence-corrected chi connectivity index (χ0v) is 16.3. The molecular weight excluding hydrogens is 342 g/mol. The van der Waals surface area contributed by atoms with Gasteiger partial charge in [-0.15, -0.1) is 0 Å². The van der Waals surface area contributed by atoms with Crippen molar-refractivity contribution in [2.45, 2.75) is 39.2 Å². The number of benzene rings is 1. The van der Waals surface area contributed by atoms with Crippen LogP contribution in [-0.4, -0.2) is 22.2 Å². The molecule has 0 aliphatic carbocycles. The minimum atomic E-state index is -0.125. The summed E-state index contributed by atoms with van der Waals surface area (Å²) in [6, 6.07) is 14.2. The lowest BCUT2D eigenvalue weighted by atomic mass is 9.95. The molecule has 0 unspecified atom stereocenters. The Morgan fingerprint density at radius 2 is 1.96 bits per heavy atom. The molecule has 136 valence electrons. The van der Waals surface area contributed by atoms with Crippen LogP contribution in [0.1, 0.15) is 47.8 Å². The van der Waals surface area contributed by atoms with E-state index in [1.54, 1.807) is 11.3 Å². The number of amides is 1. The standard InChI is InChI=1S/C21H25N3OS/c1-4-19(17-8-6-5-7-9-17)21(25)22-13-20(18-10-11-26-14-18)24-16(3)12-15(2)23-24/h5-12,14,19-20H,4,13H2,1-3H3,(H,22,25)/t19-,20+/m0/s1. The minimum absolute atomic E-state index is 0.00665. The van der Waals surface area contributed by atoms with E-state index in [1.807, 2.05) is 41.9 Å². The second kappa shape index (κ2) is 8.32. The molecule has 1 N–H and O–H groups in total. The van der Waals surface area contributed by atoms with Crippen molar-refractivity contribution in [3.05, 3.63) is 75.7 Å². The molecule has 0 bridgehead atoms. The number of hydrogen-bond donors (Lipinski definition) is 1. The van der Waals surface area contributed by atoms with Crippen molar-refractivity contribution in [3.63, 3.8) is 0 Å². The zero-order valence-electron chi connectivity index (χ0n) is 15.5. The first kappa shape index (κ1) is 18.4. The van der Waals surface area contributed by atoms with Gasteiger partial charge in [0.1, 0.15) is 0 Å². The van der Waals surface area contributed by atoms with Crippen LogP contribution in [-0.2, 0) is 4.79 Å². The Balaban J connectivity index is 1.78. The summed E-state index contributed by atoms with van der Waals surface area (Å²) in [5, 5.41) is 12.0. The van der Waals surface area contributed by atoms with E-state index in [0.717, 1.165) is 23.4 Å². The van der Waals surface area contributed by atoms with Gasteiger partial charge in [0, 0.05) is 12.2 Å². The Hall–Kier alpha value is -2.40. The van der Waals surface area contributed by atoms with Crippen molar-refractivity contribution < 1.29 is 4.79 Å². The maximum Gasteiger partial charge on any atom is 0.227 e. The summed E-state index contributed by atoms with van der Waals surface area (Å²) in [6.07, 6.45) is 0.777. The summed E-state index contributed by atoms with van der Waals surface area (Å²) in [5.74, 6) is -0.0553.